The molecule has 0 fully saturated rings. The minimum atomic E-state index is -0.234. The molecule has 0 aliphatic heterocycles. The quantitative estimate of drug-likeness (QED) is 0.802. The Hall–Kier alpha value is -0.980. The van der Waals surface area contributed by atoms with Crippen molar-refractivity contribution in [3.05, 3.63) is 10.7 Å². The highest BCUT2D eigenvalue weighted by Crippen LogP contribution is 2.26. The van der Waals surface area contributed by atoms with Gasteiger partial charge in [-0.2, -0.15) is 0 Å². The molecular formula is C13H23N3O2S. The molecule has 0 aliphatic rings. The molecule has 1 aromatic rings. The number of carbonyl (C=O) groups excluding carboxylic acids is 1. The van der Waals surface area contributed by atoms with Crippen LogP contribution in [0.2, 0.25) is 0 Å². The fraction of sp³-hybridized carbons (Fsp3) is 0.692. The Labute approximate surface area is 118 Å². The van der Waals surface area contributed by atoms with Crippen molar-refractivity contribution in [2.75, 3.05) is 19.0 Å². The molecule has 3 N–H and O–H groups in total. The predicted octanol–water partition coefficient (Wildman–Crippen LogP) is 1.95. The fourth-order valence-electron chi connectivity index (χ4n) is 1.74. The monoisotopic (exact) mass is 285 g/mol. The molecule has 0 spiro atoms. The van der Waals surface area contributed by atoms with Gasteiger partial charge in [-0.05, 0) is 19.3 Å². The molecule has 5 nitrogen and oxygen atoms in total. The topological polar surface area (TPSA) is 77.2 Å². The number of nitrogens with two attached hydrogens (primary N) is 1. The minimum absolute atomic E-state index is 0.0778. The van der Waals surface area contributed by atoms with Gasteiger partial charge in [0.05, 0.1) is 23.2 Å². The molecule has 108 valence electrons. The summed E-state index contributed by atoms with van der Waals surface area (Å²) in [6.07, 6.45) is 0.901. The summed E-state index contributed by atoms with van der Waals surface area (Å²) in [5.74, 6) is 0.430. The SMILES string of the molecule is COC(CN)CC(=O)Nc1sc(C)nc1CC(C)C. The van der Waals surface area contributed by atoms with Crippen LogP contribution in [0.25, 0.3) is 0 Å². The predicted molar refractivity (Wildman–Crippen MR) is 78.5 cm³/mol. The Bertz CT molecular complexity index is 414. The van der Waals surface area contributed by atoms with Gasteiger partial charge in [-0.15, -0.1) is 11.3 Å². The molecule has 0 bridgehead atoms. The zero-order valence-electron chi connectivity index (χ0n) is 12.0. The van der Waals surface area contributed by atoms with E-state index in [4.69, 9.17) is 10.5 Å². The smallest absolute Gasteiger partial charge is 0.227 e. The van der Waals surface area contributed by atoms with E-state index >= 15 is 0 Å². The Morgan fingerprint density at radius 2 is 2.21 bits per heavy atom. The summed E-state index contributed by atoms with van der Waals surface area (Å²) in [6, 6.07) is 0. The first kappa shape index (κ1) is 16.1. The van der Waals surface area contributed by atoms with Crippen molar-refractivity contribution in [2.24, 2.45) is 11.7 Å². The average Bonchev–Trinajstić information content (AvgIpc) is 2.65. The Balaban J connectivity index is 2.68. The first-order valence-corrected chi connectivity index (χ1v) is 7.26. The average molecular weight is 285 g/mol. The van der Waals surface area contributed by atoms with E-state index in [0.717, 1.165) is 22.1 Å². The number of hydrogen-bond donors (Lipinski definition) is 2. The zero-order valence-corrected chi connectivity index (χ0v) is 12.8. The van der Waals surface area contributed by atoms with Gasteiger partial charge in [0.2, 0.25) is 5.91 Å². The van der Waals surface area contributed by atoms with Crippen LogP contribution in [-0.2, 0) is 16.0 Å². The van der Waals surface area contributed by atoms with Crippen LogP contribution in [0.15, 0.2) is 0 Å². The van der Waals surface area contributed by atoms with E-state index in [0.29, 0.717) is 12.5 Å². The van der Waals surface area contributed by atoms with Crippen LogP contribution in [0.1, 0.15) is 31.0 Å². The third-order valence-electron chi connectivity index (χ3n) is 2.67. The second-order valence-corrected chi connectivity index (χ2v) is 6.16. The van der Waals surface area contributed by atoms with Crippen molar-refractivity contribution in [3.8, 4) is 0 Å². The van der Waals surface area contributed by atoms with Gasteiger partial charge >= 0.3 is 0 Å². The van der Waals surface area contributed by atoms with Gasteiger partial charge in [0.1, 0.15) is 5.00 Å². The number of thiazole rings is 1. The van der Waals surface area contributed by atoms with Gasteiger partial charge < -0.3 is 15.8 Å². The van der Waals surface area contributed by atoms with Crippen molar-refractivity contribution in [1.82, 2.24) is 4.98 Å². The number of rotatable bonds is 7. The normalized spacial score (nSPS) is 12.7. The van der Waals surface area contributed by atoms with E-state index in [9.17, 15) is 4.79 Å². The standard InChI is InChI=1S/C13H23N3O2S/c1-8(2)5-11-13(19-9(3)15-11)16-12(17)6-10(7-14)18-4/h8,10H,5-7,14H2,1-4H3,(H,16,17). The van der Waals surface area contributed by atoms with E-state index in [1.807, 2.05) is 6.92 Å². The number of nitrogens with zero attached hydrogens (tertiary/aromatic N) is 1. The fourth-order valence-corrected chi connectivity index (χ4v) is 2.60. The van der Waals surface area contributed by atoms with E-state index < -0.39 is 0 Å². The number of aryl methyl sites for hydroxylation is 1. The van der Waals surface area contributed by atoms with E-state index in [2.05, 4.69) is 24.1 Å². The molecule has 1 heterocycles. The number of aromatic nitrogens is 1. The number of methoxy groups -OCH3 is 1. The summed E-state index contributed by atoms with van der Waals surface area (Å²) < 4.78 is 5.11. The maximum absolute atomic E-state index is 11.9. The van der Waals surface area contributed by atoms with E-state index in [1.54, 1.807) is 7.11 Å². The molecule has 0 aromatic carbocycles. The van der Waals surface area contributed by atoms with Gasteiger partial charge in [0.15, 0.2) is 0 Å². The molecular weight excluding hydrogens is 262 g/mol. The molecule has 1 rings (SSSR count). The van der Waals surface area contributed by atoms with Gasteiger partial charge in [0, 0.05) is 13.7 Å². The Morgan fingerprint density at radius 3 is 2.74 bits per heavy atom. The van der Waals surface area contributed by atoms with Crippen molar-refractivity contribution < 1.29 is 9.53 Å². The lowest BCUT2D eigenvalue weighted by Crippen LogP contribution is -2.28. The molecule has 0 aliphatic carbocycles. The number of ether oxygens (including phenoxy) is 1. The summed E-state index contributed by atoms with van der Waals surface area (Å²) in [4.78, 5) is 16.4. The van der Waals surface area contributed by atoms with Crippen molar-refractivity contribution >= 4 is 22.2 Å². The van der Waals surface area contributed by atoms with Crippen LogP contribution in [-0.4, -0.2) is 30.6 Å². The Kier molecular flexibility index (Phi) is 6.41. The van der Waals surface area contributed by atoms with Crippen LogP contribution in [0, 0.1) is 12.8 Å². The third kappa shape index (κ3) is 5.26. The van der Waals surface area contributed by atoms with Gasteiger partial charge in [-0.25, -0.2) is 4.98 Å². The second-order valence-electron chi connectivity index (χ2n) is 4.95. The second kappa shape index (κ2) is 7.57. The number of nitrogens with one attached hydrogen (secondary N) is 1. The summed E-state index contributed by atoms with van der Waals surface area (Å²) >= 11 is 1.51. The number of hydrogen-bond acceptors (Lipinski definition) is 5. The first-order valence-electron chi connectivity index (χ1n) is 6.45. The molecule has 1 aromatic heterocycles. The van der Waals surface area contributed by atoms with Crippen molar-refractivity contribution in [2.45, 2.75) is 39.7 Å². The highest BCUT2D eigenvalue weighted by atomic mass is 32.1. The van der Waals surface area contributed by atoms with Crippen molar-refractivity contribution in [1.29, 1.82) is 0 Å². The first-order chi connectivity index (χ1) is 8.96. The maximum atomic E-state index is 11.9. The highest BCUT2D eigenvalue weighted by molar-refractivity contribution is 7.16. The zero-order chi connectivity index (χ0) is 14.4. The van der Waals surface area contributed by atoms with Crippen LogP contribution >= 0.6 is 11.3 Å². The molecule has 0 radical (unpaired) electrons. The molecule has 0 saturated carbocycles. The molecule has 19 heavy (non-hydrogen) atoms. The van der Waals surface area contributed by atoms with Gasteiger partial charge in [-0.3, -0.25) is 4.79 Å². The lowest BCUT2D eigenvalue weighted by Gasteiger charge is -2.12. The van der Waals surface area contributed by atoms with E-state index in [-0.39, 0.29) is 18.4 Å². The summed E-state index contributed by atoms with van der Waals surface area (Å²) in [6.45, 7) is 6.55. The molecule has 1 amide bonds. The van der Waals surface area contributed by atoms with Crippen molar-refractivity contribution in [3.63, 3.8) is 0 Å². The molecule has 0 saturated heterocycles. The maximum Gasteiger partial charge on any atom is 0.227 e. The summed E-state index contributed by atoms with van der Waals surface area (Å²) in [7, 11) is 1.56. The summed E-state index contributed by atoms with van der Waals surface area (Å²) in [5, 5.41) is 4.73. The molecule has 1 atom stereocenters. The Morgan fingerprint density at radius 1 is 1.53 bits per heavy atom. The highest BCUT2D eigenvalue weighted by Gasteiger charge is 2.16. The van der Waals surface area contributed by atoms with Gasteiger partial charge in [0.25, 0.3) is 0 Å². The molecule has 6 heteroatoms. The third-order valence-corrected chi connectivity index (χ3v) is 3.60. The van der Waals surface area contributed by atoms with Crippen LogP contribution in [0.4, 0.5) is 5.00 Å². The van der Waals surface area contributed by atoms with E-state index in [1.165, 1.54) is 11.3 Å². The lowest BCUT2D eigenvalue weighted by atomic mass is 10.1. The lowest BCUT2D eigenvalue weighted by molar-refractivity contribution is -0.118. The van der Waals surface area contributed by atoms with Crippen LogP contribution in [0.3, 0.4) is 0 Å². The summed E-state index contributed by atoms with van der Waals surface area (Å²) in [5.41, 5.74) is 6.48. The number of amides is 1. The number of carbonyl (C=O) groups is 1. The largest absolute Gasteiger partial charge is 0.380 e. The minimum Gasteiger partial charge on any atom is -0.380 e. The number of anilines is 1. The molecule has 1 unspecified atom stereocenters. The van der Waals surface area contributed by atoms with Crippen LogP contribution in [0.5, 0.6) is 0 Å². The van der Waals surface area contributed by atoms with Crippen LogP contribution < -0.4 is 11.1 Å². The van der Waals surface area contributed by atoms with Gasteiger partial charge in [-0.1, -0.05) is 13.8 Å².